The topological polar surface area (TPSA) is 41.0 Å². The van der Waals surface area contributed by atoms with Crippen LogP contribution in [-0.4, -0.2) is 36.4 Å². The van der Waals surface area contributed by atoms with E-state index in [-0.39, 0.29) is 5.41 Å². The molecule has 0 radical (unpaired) electrons. The minimum atomic E-state index is 0.0804. The third-order valence-electron chi connectivity index (χ3n) is 4.13. The number of hydrogen-bond donors (Lipinski definition) is 1. The van der Waals surface area contributed by atoms with Gasteiger partial charge in [-0.1, -0.05) is 20.8 Å². The lowest BCUT2D eigenvalue weighted by molar-refractivity contribution is 0.241. The molecule has 0 aromatic carbocycles. The van der Waals surface area contributed by atoms with E-state index in [1.54, 1.807) is 0 Å². The molecular formula is C14H22N4. The van der Waals surface area contributed by atoms with Gasteiger partial charge < -0.3 is 10.2 Å². The average Bonchev–Trinajstić information content (AvgIpc) is 2.75. The van der Waals surface area contributed by atoms with Crippen LogP contribution in [-0.2, 0) is 5.41 Å². The Hall–Kier alpha value is -1.16. The van der Waals surface area contributed by atoms with Gasteiger partial charge in [-0.2, -0.15) is 5.10 Å². The Balaban J connectivity index is 1.68. The van der Waals surface area contributed by atoms with Crippen molar-refractivity contribution < 1.29 is 0 Å². The molecule has 0 aliphatic carbocycles. The van der Waals surface area contributed by atoms with Crippen LogP contribution in [0.25, 0.3) is 0 Å². The number of rotatable bonds is 1. The Morgan fingerprint density at radius 3 is 2.50 bits per heavy atom. The second-order valence-electron chi connectivity index (χ2n) is 6.81. The van der Waals surface area contributed by atoms with Crippen molar-refractivity contribution in [1.29, 1.82) is 0 Å². The molecule has 0 unspecified atom stereocenters. The standard InChI is InChI=1S/C14H22N4/c1-13(2,3)11-4-5-12(17-16-11)18-9-14(10-18)6-7-15-8-14/h4-5,15H,6-10H2,1-3H3. The van der Waals surface area contributed by atoms with Gasteiger partial charge in [-0.25, -0.2) is 0 Å². The molecule has 3 heterocycles. The molecule has 4 heteroatoms. The van der Waals surface area contributed by atoms with Crippen molar-refractivity contribution in [2.45, 2.75) is 32.6 Å². The van der Waals surface area contributed by atoms with E-state index in [9.17, 15) is 0 Å². The molecule has 18 heavy (non-hydrogen) atoms. The van der Waals surface area contributed by atoms with Crippen molar-refractivity contribution in [1.82, 2.24) is 15.5 Å². The van der Waals surface area contributed by atoms with Crippen LogP contribution in [0.1, 0.15) is 32.9 Å². The Morgan fingerprint density at radius 1 is 1.22 bits per heavy atom. The van der Waals surface area contributed by atoms with E-state index < -0.39 is 0 Å². The highest BCUT2D eigenvalue weighted by atomic mass is 15.3. The Morgan fingerprint density at radius 2 is 2.00 bits per heavy atom. The van der Waals surface area contributed by atoms with E-state index in [1.807, 2.05) is 0 Å². The molecule has 1 aromatic rings. The molecule has 0 bridgehead atoms. The van der Waals surface area contributed by atoms with Crippen molar-refractivity contribution >= 4 is 5.82 Å². The SMILES string of the molecule is CC(C)(C)c1ccc(N2CC3(CCNC3)C2)nn1. The molecule has 1 N–H and O–H groups in total. The maximum atomic E-state index is 4.38. The molecule has 2 fully saturated rings. The number of anilines is 1. The summed E-state index contributed by atoms with van der Waals surface area (Å²) in [6.07, 6.45) is 1.30. The number of aromatic nitrogens is 2. The second kappa shape index (κ2) is 3.92. The molecule has 98 valence electrons. The quantitative estimate of drug-likeness (QED) is 0.816. The van der Waals surface area contributed by atoms with E-state index in [2.05, 4.69) is 53.3 Å². The fourth-order valence-corrected chi connectivity index (χ4v) is 2.88. The zero-order valence-electron chi connectivity index (χ0n) is 11.5. The van der Waals surface area contributed by atoms with Gasteiger partial charge in [0, 0.05) is 30.5 Å². The van der Waals surface area contributed by atoms with Crippen molar-refractivity contribution in [2.75, 3.05) is 31.1 Å². The van der Waals surface area contributed by atoms with E-state index in [1.165, 1.54) is 13.0 Å². The van der Waals surface area contributed by atoms with Gasteiger partial charge in [-0.3, -0.25) is 0 Å². The van der Waals surface area contributed by atoms with Gasteiger partial charge in [0.05, 0.1) is 5.69 Å². The summed E-state index contributed by atoms with van der Waals surface area (Å²) in [4.78, 5) is 2.34. The maximum Gasteiger partial charge on any atom is 0.151 e. The van der Waals surface area contributed by atoms with Crippen LogP contribution >= 0.6 is 0 Å². The minimum Gasteiger partial charge on any atom is -0.354 e. The molecule has 2 saturated heterocycles. The van der Waals surface area contributed by atoms with Gasteiger partial charge in [-0.05, 0) is 25.1 Å². The highest BCUT2D eigenvalue weighted by molar-refractivity contribution is 5.43. The van der Waals surface area contributed by atoms with Gasteiger partial charge in [0.25, 0.3) is 0 Å². The van der Waals surface area contributed by atoms with E-state index in [4.69, 9.17) is 0 Å². The molecular weight excluding hydrogens is 224 g/mol. The van der Waals surface area contributed by atoms with E-state index >= 15 is 0 Å². The van der Waals surface area contributed by atoms with Crippen LogP contribution in [0.2, 0.25) is 0 Å². The predicted molar refractivity (Wildman–Crippen MR) is 72.9 cm³/mol. The molecule has 4 nitrogen and oxygen atoms in total. The van der Waals surface area contributed by atoms with Crippen LogP contribution in [0.15, 0.2) is 12.1 Å². The number of nitrogens with one attached hydrogen (secondary N) is 1. The lowest BCUT2D eigenvalue weighted by atomic mass is 9.79. The molecule has 3 rings (SSSR count). The van der Waals surface area contributed by atoms with Crippen LogP contribution < -0.4 is 10.2 Å². The van der Waals surface area contributed by atoms with Gasteiger partial charge >= 0.3 is 0 Å². The first-order valence-corrected chi connectivity index (χ1v) is 6.79. The second-order valence-corrected chi connectivity index (χ2v) is 6.81. The van der Waals surface area contributed by atoms with Gasteiger partial charge in [0.1, 0.15) is 0 Å². The molecule has 1 spiro atoms. The zero-order chi connectivity index (χ0) is 12.8. The van der Waals surface area contributed by atoms with Crippen molar-refractivity contribution in [3.8, 4) is 0 Å². The highest BCUT2D eigenvalue weighted by Gasteiger charge is 2.45. The number of nitrogens with zero attached hydrogens (tertiary/aromatic N) is 3. The smallest absolute Gasteiger partial charge is 0.151 e. The molecule has 2 aliphatic rings. The lowest BCUT2D eigenvalue weighted by Crippen LogP contribution is -2.57. The molecule has 0 saturated carbocycles. The molecule has 1 aromatic heterocycles. The Bertz CT molecular complexity index is 418. The monoisotopic (exact) mass is 246 g/mol. The Labute approximate surface area is 109 Å². The average molecular weight is 246 g/mol. The normalized spacial score (nSPS) is 22.3. The summed E-state index contributed by atoms with van der Waals surface area (Å²) in [5, 5.41) is 12.2. The maximum absolute atomic E-state index is 4.38. The first kappa shape index (κ1) is 11.9. The first-order valence-electron chi connectivity index (χ1n) is 6.79. The fourth-order valence-electron chi connectivity index (χ4n) is 2.88. The third-order valence-corrected chi connectivity index (χ3v) is 4.13. The summed E-state index contributed by atoms with van der Waals surface area (Å²) < 4.78 is 0. The zero-order valence-corrected chi connectivity index (χ0v) is 11.5. The summed E-state index contributed by atoms with van der Waals surface area (Å²) in [7, 11) is 0. The summed E-state index contributed by atoms with van der Waals surface area (Å²) in [5.41, 5.74) is 1.66. The highest BCUT2D eigenvalue weighted by Crippen LogP contribution is 2.38. The molecule has 0 amide bonds. The van der Waals surface area contributed by atoms with Crippen LogP contribution in [0, 0.1) is 5.41 Å². The molecule has 2 aliphatic heterocycles. The van der Waals surface area contributed by atoms with Crippen LogP contribution in [0.5, 0.6) is 0 Å². The van der Waals surface area contributed by atoms with Gasteiger partial charge in [0.2, 0.25) is 0 Å². The lowest BCUT2D eigenvalue weighted by Gasteiger charge is -2.48. The van der Waals surface area contributed by atoms with Gasteiger partial charge in [0.15, 0.2) is 5.82 Å². The first-order chi connectivity index (χ1) is 8.49. The van der Waals surface area contributed by atoms with Crippen LogP contribution in [0.3, 0.4) is 0 Å². The minimum absolute atomic E-state index is 0.0804. The van der Waals surface area contributed by atoms with Crippen molar-refractivity contribution in [2.24, 2.45) is 5.41 Å². The summed E-state index contributed by atoms with van der Waals surface area (Å²) in [6.45, 7) is 11.1. The summed E-state index contributed by atoms with van der Waals surface area (Å²) in [5.74, 6) is 1.03. The fraction of sp³-hybridized carbons (Fsp3) is 0.714. The number of hydrogen-bond acceptors (Lipinski definition) is 4. The van der Waals surface area contributed by atoms with E-state index in [0.717, 1.165) is 31.1 Å². The van der Waals surface area contributed by atoms with Crippen molar-refractivity contribution in [3.63, 3.8) is 0 Å². The summed E-state index contributed by atoms with van der Waals surface area (Å²) >= 11 is 0. The predicted octanol–water partition coefficient (Wildman–Crippen LogP) is 1.57. The van der Waals surface area contributed by atoms with Gasteiger partial charge in [-0.15, -0.1) is 5.10 Å². The largest absolute Gasteiger partial charge is 0.354 e. The van der Waals surface area contributed by atoms with Crippen molar-refractivity contribution in [3.05, 3.63) is 17.8 Å². The van der Waals surface area contributed by atoms with E-state index in [0.29, 0.717) is 5.41 Å². The molecule has 0 atom stereocenters. The Kier molecular flexibility index (Phi) is 2.59. The van der Waals surface area contributed by atoms with Crippen LogP contribution in [0.4, 0.5) is 5.82 Å². The third kappa shape index (κ3) is 1.99. The summed E-state index contributed by atoms with van der Waals surface area (Å²) in [6, 6.07) is 4.23.